The third kappa shape index (κ3) is 3.68. The van der Waals surface area contributed by atoms with Crippen LogP contribution in [0.3, 0.4) is 0 Å². The molecule has 2 aliphatic heterocycles. The number of hydrogen-bond donors (Lipinski definition) is 2. The number of nitrogens with one attached hydrogen (secondary N) is 1. The number of nitrogens with zero attached hydrogens (tertiary/aromatic N) is 1. The molecule has 0 bridgehead atoms. The number of ether oxygens (including phenoxy) is 2. The van der Waals surface area contributed by atoms with Crippen molar-refractivity contribution in [2.24, 2.45) is 11.1 Å². The van der Waals surface area contributed by atoms with Crippen molar-refractivity contribution in [3.8, 4) is 5.75 Å². The quantitative estimate of drug-likeness (QED) is 0.835. The first-order valence-corrected chi connectivity index (χ1v) is 9.17. The Bertz CT molecular complexity index is 671. The van der Waals surface area contributed by atoms with Crippen molar-refractivity contribution in [3.05, 3.63) is 18.2 Å². The van der Waals surface area contributed by atoms with Crippen LogP contribution in [0.25, 0.3) is 0 Å². The van der Waals surface area contributed by atoms with Gasteiger partial charge in [-0.15, -0.1) is 0 Å². The molecule has 3 rings (SSSR count). The standard InChI is InChI=1S/C19H27N3O4/c1-25-16-6-5-14(12-15(16)22-9-3-2-4-17(22)23)21-18(24)19(13-20)7-10-26-11-8-19/h5-6,12H,2-4,7-11,13,20H2,1H3,(H,21,24). The van der Waals surface area contributed by atoms with Crippen LogP contribution in [0, 0.1) is 5.41 Å². The van der Waals surface area contributed by atoms with Crippen LogP contribution in [-0.4, -0.2) is 45.2 Å². The lowest BCUT2D eigenvalue weighted by molar-refractivity contribution is -0.130. The number of carbonyl (C=O) groups is 2. The average Bonchev–Trinajstić information content (AvgIpc) is 2.68. The maximum Gasteiger partial charge on any atom is 0.232 e. The van der Waals surface area contributed by atoms with E-state index in [-0.39, 0.29) is 18.4 Å². The molecule has 7 nitrogen and oxygen atoms in total. The highest BCUT2D eigenvalue weighted by Gasteiger charge is 2.39. The van der Waals surface area contributed by atoms with E-state index in [9.17, 15) is 9.59 Å². The van der Waals surface area contributed by atoms with Gasteiger partial charge in [0.1, 0.15) is 5.75 Å². The highest BCUT2D eigenvalue weighted by atomic mass is 16.5. The Morgan fingerprint density at radius 1 is 1.35 bits per heavy atom. The maximum atomic E-state index is 12.9. The molecular formula is C19H27N3O4. The molecule has 0 unspecified atom stereocenters. The van der Waals surface area contributed by atoms with Crippen molar-refractivity contribution >= 4 is 23.2 Å². The molecule has 0 saturated carbocycles. The van der Waals surface area contributed by atoms with Gasteiger partial charge in [0.15, 0.2) is 0 Å². The lowest BCUT2D eigenvalue weighted by atomic mass is 9.79. The van der Waals surface area contributed by atoms with Crippen molar-refractivity contribution in [1.29, 1.82) is 0 Å². The number of rotatable bonds is 5. The van der Waals surface area contributed by atoms with Gasteiger partial charge in [0, 0.05) is 38.4 Å². The van der Waals surface area contributed by atoms with Crippen molar-refractivity contribution < 1.29 is 19.1 Å². The fourth-order valence-electron chi connectivity index (χ4n) is 3.59. The zero-order valence-electron chi connectivity index (χ0n) is 15.3. The molecule has 1 aromatic rings. The minimum absolute atomic E-state index is 0.0842. The first-order valence-electron chi connectivity index (χ1n) is 9.17. The summed E-state index contributed by atoms with van der Waals surface area (Å²) in [6.45, 7) is 2.04. The molecule has 0 aliphatic carbocycles. The van der Waals surface area contributed by atoms with Crippen LogP contribution in [0.1, 0.15) is 32.1 Å². The van der Waals surface area contributed by atoms with E-state index in [1.807, 2.05) is 6.07 Å². The largest absolute Gasteiger partial charge is 0.495 e. The predicted molar refractivity (Wildman–Crippen MR) is 99.4 cm³/mol. The first kappa shape index (κ1) is 18.7. The molecule has 2 saturated heterocycles. The van der Waals surface area contributed by atoms with Gasteiger partial charge in [-0.05, 0) is 43.9 Å². The van der Waals surface area contributed by atoms with Crippen LogP contribution in [-0.2, 0) is 14.3 Å². The van der Waals surface area contributed by atoms with Gasteiger partial charge in [0.25, 0.3) is 0 Å². The molecule has 7 heteroatoms. The van der Waals surface area contributed by atoms with Crippen molar-refractivity contribution in [2.75, 3.05) is 43.6 Å². The highest BCUT2D eigenvalue weighted by Crippen LogP contribution is 2.35. The number of benzene rings is 1. The van der Waals surface area contributed by atoms with Crippen molar-refractivity contribution in [1.82, 2.24) is 0 Å². The van der Waals surface area contributed by atoms with Gasteiger partial charge < -0.3 is 25.4 Å². The number of nitrogens with two attached hydrogens (primary N) is 1. The highest BCUT2D eigenvalue weighted by molar-refractivity contribution is 5.99. The number of carbonyl (C=O) groups excluding carboxylic acids is 2. The van der Waals surface area contributed by atoms with Crippen LogP contribution >= 0.6 is 0 Å². The number of methoxy groups -OCH3 is 1. The third-order valence-corrected chi connectivity index (χ3v) is 5.37. The molecule has 2 heterocycles. The second-order valence-corrected chi connectivity index (χ2v) is 6.94. The molecule has 0 radical (unpaired) electrons. The van der Waals surface area contributed by atoms with Crippen LogP contribution in [0.5, 0.6) is 5.75 Å². The Morgan fingerprint density at radius 3 is 2.77 bits per heavy atom. The van der Waals surface area contributed by atoms with E-state index in [0.717, 1.165) is 12.8 Å². The van der Waals surface area contributed by atoms with E-state index in [1.165, 1.54) is 0 Å². The molecule has 142 valence electrons. The van der Waals surface area contributed by atoms with E-state index in [0.29, 0.717) is 56.1 Å². The fourth-order valence-corrected chi connectivity index (χ4v) is 3.59. The number of hydrogen-bond acceptors (Lipinski definition) is 5. The summed E-state index contributed by atoms with van der Waals surface area (Å²) in [7, 11) is 1.58. The topological polar surface area (TPSA) is 93.9 Å². The van der Waals surface area contributed by atoms with Gasteiger partial charge in [-0.2, -0.15) is 0 Å². The minimum atomic E-state index is -0.598. The van der Waals surface area contributed by atoms with Gasteiger partial charge in [-0.3, -0.25) is 9.59 Å². The van der Waals surface area contributed by atoms with Gasteiger partial charge in [-0.25, -0.2) is 0 Å². The van der Waals surface area contributed by atoms with Gasteiger partial charge in [0.2, 0.25) is 11.8 Å². The smallest absolute Gasteiger partial charge is 0.232 e. The Morgan fingerprint density at radius 2 is 2.12 bits per heavy atom. The zero-order valence-corrected chi connectivity index (χ0v) is 15.3. The van der Waals surface area contributed by atoms with E-state index < -0.39 is 5.41 Å². The average molecular weight is 361 g/mol. The SMILES string of the molecule is COc1ccc(NC(=O)C2(CN)CCOCC2)cc1N1CCCCC1=O. The third-order valence-electron chi connectivity index (χ3n) is 5.37. The van der Waals surface area contributed by atoms with Crippen LogP contribution in [0.15, 0.2) is 18.2 Å². The van der Waals surface area contributed by atoms with Crippen LogP contribution in [0.4, 0.5) is 11.4 Å². The predicted octanol–water partition coefficient (Wildman–Crippen LogP) is 1.91. The number of anilines is 2. The molecule has 3 N–H and O–H groups in total. The fraction of sp³-hybridized carbons (Fsp3) is 0.579. The molecule has 0 aromatic heterocycles. The summed E-state index contributed by atoms with van der Waals surface area (Å²) < 4.78 is 10.8. The molecule has 2 amide bonds. The number of amides is 2. The van der Waals surface area contributed by atoms with Crippen LogP contribution < -0.4 is 20.7 Å². The summed E-state index contributed by atoms with van der Waals surface area (Å²) in [6.07, 6.45) is 3.64. The monoisotopic (exact) mass is 361 g/mol. The van der Waals surface area contributed by atoms with Crippen LogP contribution in [0.2, 0.25) is 0 Å². The summed E-state index contributed by atoms with van der Waals surface area (Å²) in [5.74, 6) is 0.614. The molecule has 2 fully saturated rings. The van der Waals surface area contributed by atoms with Gasteiger partial charge >= 0.3 is 0 Å². The van der Waals surface area contributed by atoms with Gasteiger partial charge in [0.05, 0.1) is 18.2 Å². The Hall–Kier alpha value is -2.12. The Labute approximate surface area is 153 Å². The lowest BCUT2D eigenvalue weighted by Crippen LogP contribution is -2.46. The minimum Gasteiger partial charge on any atom is -0.495 e. The second-order valence-electron chi connectivity index (χ2n) is 6.94. The zero-order chi connectivity index (χ0) is 18.6. The first-order chi connectivity index (χ1) is 12.6. The van der Waals surface area contributed by atoms with Crippen molar-refractivity contribution in [2.45, 2.75) is 32.1 Å². The Balaban J connectivity index is 1.83. The molecule has 1 aromatic carbocycles. The lowest BCUT2D eigenvalue weighted by Gasteiger charge is -2.34. The van der Waals surface area contributed by atoms with E-state index >= 15 is 0 Å². The maximum absolute atomic E-state index is 12.9. The molecule has 0 atom stereocenters. The Kier molecular flexibility index (Phi) is 5.78. The molecule has 26 heavy (non-hydrogen) atoms. The summed E-state index contributed by atoms with van der Waals surface area (Å²) in [6, 6.07) is 5.38. The van der Waals surface area contributed by atoms with Crippen molar-refractivity contribution in [3.63, 3.8) is 0 Å². The second kappa shape index (κ2) is 8.05. The summed E-state index contributed by atoms with van der Waals surface area (Å²) in [4.78, 5) is 26.9. The van der Waals surface area contributed by atoms with Gasteiger partial charge in [-0.1, -0.05) is 0 Å². The molecule has 2 aliphatic rings. The molecular weight excluding hydrogens is 334 g/mol. The summed E-state index contributed by atoms with van der Waals surface area (Å²) >= 11 is 0. The number of piperidine rings is 1. The molecule has 0 spiro atoms. The van der Waals surface area contributed by atoms with E-state index in [4.69, 9.17) is 15.2 Å². The normalized spacial score (nSPS) is 19.9. The summed E-state index contributed by atoms with van der Waals surface area (Å²) in [5.41, 5.74) is 6.66. The van der Waals surface area contributed by atoms with E-state index in [1.54, 1.807) is 24.1 Å². The summed E-state index contributed by atoms with van der Waals surface area (Å²) in [5, 5.41) is 2.98. The van der Waals surface area contributed by atoms with E-state index in [2.05, 4.69) is 5.32 Å².